The fourth-order valence-corrected chi connectivity index (χ4v) is 6.31. The van der Waals surface area contributed by atoms with E-state index in [0.29, 0.717) is 34.1 Å². The molecule has 2 atom stereocenters. The maximum atomic E-state index is 14.2. The molecule has 0 fully saturated rings. The lowest BCUT2D eigenvalue weighted by molar-refractivity contribution is -0.140. The Morgan fingerprint density at radius 2 is 1.46 bits per heavy atom. The van der Waals surface area contributed by atoms with Crippen LogP contribution >= 0.6 is 23.2 Å². The summed E-state index contributed by atoms with van der Waals surface area (Å²) in [5.74, 6) is -0.894. The molecule has 0 aliphatic heterocycles. The van der Waals surface area contributed by atoms with Gasteiger partial charge in [-0.2, -0.15) is 0 Å². The molecule has 3 aromatic rings. The number of nitrogens with zero attached hydrogens (tertiary/aromatic N) is 2. The second-order valence-corrected chi connectivity index (χ2v) is 12.5. The maximum Gasteiger partial charge on any atom is 0.264 e. The van der Waals surface area contributed by atoms with Gasteiger partial charge in [-0.15, -0.1) is 0 Å². The van der Waals surface area contributed by atoms with Crippen molar-refractivity contribution in [3.8, 4) is 0 Å². The Hall–Kier alpha value is -3.07. The summed E-state index contributed by atoms with van der Waals surface area (Å²) in [5.41, 5.74) is 1.84. The number of hydrogen-bond donors (Lipinski definition) is 1. The SMILES string of the molecule is CCc1ccc(N(CC(=O)N(Cc2c(Cl)cccc2Cl)C(CC)C(=O)NC(C)CC)S(=O)(=O)c2ccccc2)cc1. The standard InChI is InChI=1S/C31H37Cl2N3O4S/c1-5-22(4)34-31(38)29(7-3)35(20-26-27(32)14-11-15-28(26)33)30(37)21-36(24-18-16-23(6-2)17-19-24)41(39,40)25-12-9-8-10-13-25/h8-19,22,29H,5-7,20-21H2,1-4H3,(H,34,38). The molecule has 10 heteroatoms. The Balaban J connectivity index is 2.09. The second kappa shape index (κ2) is 14.7. The van der Waals surface area contributed by atoms with Gasteiger partial charge in [0, 0.05) is 28.2 Å². The number of carbonyl (C=O) groups is 2. The molecule has 2 amide bonds. The van der Waals surface area contributed by atoms with Gasteiger partial charge in [0.15, 0.2) is 0 Å². The van der Waals surface area contributed by atoms with E-state index < -0.39 is 28.5 Å². The smallest absolute Gasteiger partial charge is 0.264 e. The van der Waals surface area contributed by atoms with Crippen LogP contribution in [0.2, 0.25) is 10.0 Å². The van der Waals surface area contributed by atoms with Crippen LogP contribution in [0.4, 0.5) is 5.69 Å². The fourth-order valence-electron chi connectivity index (χ4n) is 4.36. The third kappa shape index (κ3) is 8.03. The van der Waals surface area contributed by atoms with Crippen LogP contribution in [0.25, 0.3) is 0 Å². The predicted octanol–water partition coefficient (Wildman–Crippen LogP) is 6.47. The predicted molar refractivity (Wildman–Crippen MR) is 166 cm³/mol. The average molecular weight is 619 g/mol. The molecule has 0 radical (unpaired) electrons. The van der Waals surface area contributed by atoms with E-state index in [9.17, 15) is 18.0 Å². The summed E-state index contributed by atoms with van der Waals surface area (Å²) in [5, 5.41) is 3.64. The van der Waals surface area contributed by atoms with Crippen LogP contribution in [0.3, 0.4) is 0 Å². The summed E-state index contributed by atoms with van der Waals surface area (Å²) in [6.07, 6.45) is 1.79. The van der Waals surface area contributed by atoms with Crippen molar-refractivity contribution in [3.05, 3.63) is 94.0 Å². The highest BCUT2D eigenvalue weighted by molar-refractivity contribution is 7.92. The van der Waals surface area contributed by atoms with E-state index in [1.165, 1.54) is 17.0 Å². The normalized spacial score (nSPS) is 12.8. The van der Waals surface area contributed by atoms with Gasteiger partial charge in [0.25, 0.3) is 10.0 Å². The fraction of sp³-hybridized carbons (Fsp3) is 0.355. The zero-order chi connectivity index (χ0) is 30.2. The van der Waals surface area contributed by atoms with E-state index in [2.05, 4.69) is 5.32 Å². The molecule has 0 spiro atoms. The van der Waals surface area contributed by atoms with Gasteiger partial charge in [-0.25, -0.2) is 8.42 Å². The first-order valence-corrected chi connectivity index (χ1v) is 15.9. The lowest BCUT2D eigenvalue weighted by atomic mass is 10.1. The molecule has 3 aromatic carbocycles. The van der Waals surface area contributed by atoms with Gasteiger partial charge in [-0.1, -0.05) is 80.4 Å². The molecule has 0 aliphatic carbocycles. The Morgan fingerprint density at radius 1 is 0.854 bits per heavy atom. The van der Waals surface area contributed by atoms with Crippen LogP contribution < -0.4 is 9.62 Å². The average Bonchev–Trinajstić information content (AvgIpc) is 2.97. The Labute approximate surface area is 253 Å². The molecule has 0 aliphatic rings. The number of aryl methyl sites for hydroxylation is 1. The number of hydrogen-bond acceptors (Lipinski definition) is 4. The van der Waals surface area contributed by atoms with Crippen molar-refractivity contribution in [1.82, 2.24) is 10.2 Å². The van der Waals surface area contributed by atoms with Crippen molar-refractivity contribution in [1.29, 1.82) is 0 Å². The number of carbonyl (C=O) groups excluding carboxylic acids is 2. The molecule has 0 bridgehead atoms. The lowest BCUT2D eigenvalue weighted by Gasteiger charge is -2.34. The van der Waals surface area contributed by atoms with E-state index in [1.807, 2.05) is 32.9 Å². The molecule has 3 rings (SSSR count). The van der Waals surface area contributed by atoms with Crippen LogP contribution in [0.1, 0.15) is 51.7 Å². The van der Waals surface area contributed by atoms with Gasteiger partial charge in [0.05, 0.1) is 10.6 Å². The third-order valence-corrected chi connectivity index (χ3v) is 9.52. The van der Waals surface area contributed by atoms with Gasteiger partial charge in [0.2, 0.25) is 11.8 Å². The third-order valence-electron chi connectivity index (χ3n) is 7.02. The number of amides is 2. The first-order chi connectivity index (χ1) is 19.5. The van der Waals surface area contributed by atoms with Crippen LogP contribution in [0.5, 0.6) is 0 Å². The number of rotatable bonds is 13. The summed E-state index contributed by atoms with van der Waals surface area (Å²) >= 11 is 12.9. The molecule has 2 unspecified atom stereocenters. The Morgan fingerprint density at radius 3 is 2.00 bits per heavy atom. The van der Waals surface area contributed by atoms with Crippen molar-refractivity contribution in [2.75, 3.05) is 10.8 Å². The van der Waals surface area contributed by atoms with Crippen molar-refractivity contribution < 1.29 is 18.0 Å². The molecule has 0 heterocycles. The second-order valence-electron chi connectivity index (χ2n) is 9.81. The summed E-state index contributed by atoms with van der Waals surface area (Å²) < 4.78 is 28.9. The minimum atomic E-state index is -4.13. The topological polar surface area (TPSA) is 86.8 Å². The van der Waals surface area contributed by atoms with Gasteiger partial charge in [0.1, 0.15) is 12.6 Å². The summed E-state index contributed by atoms with van der Waals surface area (Å²) in [4.78, 5) is 29.0. The lowest BCUT2D eigenvalue weighted by Crippen LogP contribution is -2.53. The highest BCUT2D eigenvalue weighted by atomic mass is 35.5. The van der Waals surface area contributed by atoms with Gasteiger partial charge < -0.3 is 10.2 Å². The summed E-state index contributed by atoms with van der Waals surface area (Å²) in [6, 6.07) is 19.0. The van der Waals surface area contributed by atoms with E-state index in [0.717, 1.165) is 16.3 Å². The maximum absolute atomic E-state index is 14.2. The van der Waals surface area contributed by atoms with Crippen LogP contribution in [-0.4, -0.2) is 43.8 Å². The largest absolute Gasteiger partial charge is 0.352 e. The van der Waals surface area contributed by atoms with E-state index in [1.54, 1.807) is 55.5 Å². The number of halogens is 2. The number of nitrogens with one attached hydrogen (secondary N) is 1. The molecule has 7 nitrogen and oxygen atoms in total. The summed E-state index contributed by atoms with van der Waals surface area (Å²) in [6.45, 7) is 7.04. The Kier molecular flexibility index (Phi) is 11.6. The first-order valence-electron chi connectivity index (χ1n) is 13.7. The molecule has 0 saturated heterocycles. The van der Waals surface area contributed by atoms with Gasteiger partial charge in [-0.3, -0.25) is 13.9 Å². The summed E-state index contributed by atoms with van der Waals surface area (Å²) in [7, 11) is -4.13. The zero-order valence-electron chi connectivity index (χ0n) is 23.8. The van der Waals surface area contributed by atoms with E-state index >= 15 is 0 Å². The molecule has 41 heavy (non-hydrogen) atoms. The van der Waals surface area contributed by atoms with Crippen molar-refractivity contribution in [2.24, 2.45) is 0 Å². The molecule has 1 N–H and O–H groups in total. The quantitative estimate of drug-likeness (QED) is 0.238. The number of benzene rings is 3. The highest BCUT2D eigenvalue weighted by Gasteiger charge is 2.34. The van der Waals surface area contributed by atoms with E-state index in [4.69, 9.17) is 23.2 Å². The van der Waals surface area contributed by atoms with Crippen LogP contribution in [-0.2, 0) is 32.6 Å². The first kappa shape index (κ1) is 32.4. The molecular formula is C31H37Cl2N3O4S. The van der Waals surface area contributed by atoms with Crippen molar-refractivity contribution in [2.45, 2.75) is 70.5 Å². The zero-order valence-corrected chi connectivity index (χ0v) is 26.1. The van der Waals surface area contributed by atoms with Crippen molar-refractivity contribution in [3.63, 3.8) is 0 Å². The monoisotopic (exact) mass is 617 g/mol. The molecule has 0 aromatic heterocycles. The molecule has 0 saturated carbocycles. The number of sulfonamides is 1. The van der Waals surface area contributed by atoms with Gasteiger partial charge >= 0.3 is 0 Å². The minimum absolute atomic E-state index is 0.0506. The molecular weight excluding hydrogens is 581 g/mol. The van der Waals surface area contributed by atoms with Crippen LogP contribution in [0, 0.1) is 0 Å². The molecule has 220 valence electrons. The number of anilines is 1. The van der Waals surface area contributed by atoms with Crippen LogP contribution in [0.15, 0.2) is 77.7 Å². The van der Waals surface area contributed by atoms with E-state index in [-0.39, 0.29) is 23.4 Å². The Bertz CT molecular complexity index is 1410. The van der Waals surface area contributed by atoms with Gasteiger partial charge in [-0.05, 0) is 68.1 Å². The highest BCUT2D eigenvalue weighted by Crippen LogP contribution is 2.29. The minimum Gasteiger partial charge on any atom is -0.352 e. The van der Waals surface area contributed by atoms with Crippen molar-refractivity contribution >= 4 is 50.7 Å².